The number of aromatic nitrogens is 3. The maximum absolute atomic E-state index is 4.21. The molecule has 1 fully saturated rings. The summed E-state index contributed by atoms with van der Waals surface area (Å²) in [6, 6.07) is 8.94. The molecule has 0 amide bonds. The smallest absolute Gasteiger partial charge is 0.165 e. The highest BCUT2D eigenvalue weighted by molar-refractivity contribution is 5.73. The molecule has 4 nitrogen and oxygen atoms in total. The van der Waals surface area contributed by atoms with Crippen molar-refractivity contribution in [3.8, 4) is 11.4 Å². The topological polar surface area (TPSA) is 42.7 Å². The highest BCUT2D eigenvalue weighted by Gasteiger charge is 2.22. The maximum Gasteiger partial charge on any atom is 0.165 e. The van der Waals surface area contributed by atoms with Crippen molar-refractivity contribution in [2.75, 3.05) is 5.32 Å². The molecule has 1 heterocycles. The van der Waals surface area contributed by atoms with E-state index in [1.807, 2.05) is 17.7 Å². The van der Waals surface area contributed by atoms with E-state index >= 15 is 0 Å². The van der Waals surface area contributed by atoms with Crippen molar-refractivity contribution in [2.24, 2.45) is 13.0 Å². The van der Waals surface area contributed by atoms with E-state index in [9.17, 15) is 0 Å². The molecule has 2 aromatic rings. The van der Waals surface area contributed by atoms with Crippen LogP contribution in [0.4, 0.5) is 5.69 Å². The lowest BCUT2D eigenvalue weighted by molar-refractivity contribution is 0.602. The fourth-order valence-corrected chi connectivity index (χ4v) is 2.89. The zero-order chi connectivity index (χ0) is 13.2. The molecule has 100 valence electrons. The molecule has 2 atom stereocenters. The van der Waals surface area contributed by atoms with Crippen LogP contribution < -0.4 is 5.32 Å². The zero-order valence-corrected chi connectivity index (χ0v) is 11.5. The minimum absolute atomic E-state index is 0.587. The lowest BCUT2D eigenvalue weighted by Gasteiger charge is -2.17. The van der Waals surface area contributed by atoms with Gasteiger partial charge >= 0.3 is 0 Å². The number of nitrogens with zero attached hydrogens (tertiary/aromatic N) is 3. The van der Waals surface area contributed by atoms with E-state index in [0.29, 0.717) is 6.04 Å². The van der Waals surface area contributed by atoms with Crippen LogP contribution in [-0.2, 0) is 7.05 Å². The van der Waals surface area contributed by atoms with Crippen LogP contribution in [0.15, 0.2) is 30.6 Å². The van der Waals surface area contributed by atoms with Gasteiger partial charge in [0.1, 0.15) is 6.33 Å². The molecule has 3 rings (SSSR count). The molecule has 1 aromatic carbocycles. The molecule has 0 radical (unpaired) electrons. The largest absolute Gasteiger partial charge is 0.382 e. The molecule has 0 bridgehead atoms. The van der Waals surface area contributed by atoms with E-state index in [1.54, 1.807) is 6.33 Å². The van der Waals surface area contributed by atoms with Gasteiger partial charge in [0.2, 0.25) is 0 Å². The van der Waals surface area contributed by atoms with Gasteiger partial charge in [-0.25, -0.2) is 0 Å². The van der Waals surface area contributed by atoms with Crippen molar-refractivity contribution in [1.29, 1.82) is 0 Å². The van der Waals surface area contributed by atoms with Gasteiger partial charge in [-0.05, 0) is 37.3 Å². The number of rotatable bonds is 3. The molecular formula is C15H20N4. The molecule has 1 aromatic heterocycles. The average molecular weight is 256 g/mol. The van der Waals surface area contributed by atoms with Crippen molar-refractivity contribution in [2.45, 2.75) is 32.2 Å². The Kier molecular flexibility index (Phi) is 3.23. The van der Waals surface area contributed by atoms with Crippen molar-refractivity contribution in [3.05, 3.63) is 30.6 Å². The first-order valence-corrected chi connectivity index (χ1v) is 6.94. The van der Waals surface area contributed by atoms with Gasteiger partial charge in [-0.2, -0.15) is 0 Å². The number of para-hydroxylation sites is 1. The Bertz CT molecular complexity index is 561. The number of anilines is 1. The van der Waals surface area contributed by atoms with Crippen LogP contribution in [0.1, 0.15) is 26.2 Å². The highest BCUT2D eigenvalue weighted by atomic mass is 15.2. The normalized spacial score (nSPS) is 22.6. The lowest BCUT2D eigenvalue weighted by atomic mass is 10.1. The fourth-order valence-electron chi connectivity index (χ4n) is 2.89. The first-order chi connectivity index (χ1) is 9.24. The van der Waals surface area contributed by atoms with E-state index in [2.05, 4.69) is 40.6 Å². The second kappa shape index (κ2) is 5.03. The number of aryl methyl sites for hydroxylation is 1. The summed E-state index contributed by atoms with van der Waals surface area (Å²) in [7, 11) is 1.98. The standard InChI is InChI=1S/C15H20N4/c1-11-7-8-12(9-11)17-14-6-4-3-5-13(14)15-18-16-10-19(15)2/h3-6,10-12,17H,7-9H2,1-2H3. The van der Waals surface area contributed by atoms with Crippen LogP contribution in [-0.4, -0.2) is 20.8 Å². The Morgan fingerprint density at radius 3 is 2.79 bits per heavy atom. The van der Waals surface area contributed by atoms with Gasteiger partial charge in [-0.3, -0.25) is 0 Å². The minimum Gasteiger partial charge on any atom is -0.382 e. The number of benzene rings is 1. The third-order valence-corrected chi connectivity index (χ3v) is 3.93. The molecule has 1 aliphatic rings. The molecule has 1 N–H and O–H groups in total. The van der Waals surface area contributed by atoms with E-state index in [0.717, 1.165) is 23.0 Å². The van der Waals surface area contributed by atoms with Gasteiger partial charge in [0.05, 0.1) is 0 Å². The summed E-state index contributed by atoms with van der Waals surface area (Å²) in [5.41, 5.74) is 2.29. The van der Waals surface area contributed by atoms with E-state index in [-0.39, 0.29) is 0 Å². The molecule has 2 unspecified atom stereocenters. The summed E-state index contributed by atoms with van der Waals surface area (Å²) in [6.45, 7) is 2.33. The summed E-state index contributed by atoms with van der Waals surface area (Å²) in [6.07, 6.45) is 5.58. The van der Waals surface area contributed by atoms with Crippen LogP contribution in [0.2, 0.25) is 0 Å². The van der Waals surface area contributed by atoms with Gasteiger partial charge in [0.25, 0.3) is 0 Å². The first-order valence-electron chi connectivity index (χ1n) is 6.94. The van der Waals surface area contributed by atoms with E-state index in [1.165, 1.54) is 19.3 Å². The van der Waals surface area contributed by atoms with Crippen LogP contribution in [0, 0.1) is 5.92 Å². The van der Waals surface area contributed by atoms with Crippen molar-refractivity contribution < 1.29 is 0 Å². The molecule has 0 saturated heterocycles. The summed E-state index contributed by atoms with van der Waals surface area (Å²) in [5.74, 6) is 1.74. The van der Waals surface area contributed by atoms with Gasteiger partial charge in [0.15, 0.2) is 5.82 Å². The van der Waals surface area contributed by atoms with E-state index < -0.39 is 0 Å². The Labute approximate surface area is 113 Å². The highest BCUT2D eigenvalue weighted by Crippen LogP contribution is 2.31. The molecular weight excluding hydrogens is 236 g/mol. The second-order valence-corrected chi connectivity index (χ2v) is 5.57. The summed E-state index contributed by atoms with van der Waals surface area (Å²) < 4.78 is 1.96. The third kappa shape index (κ3) is 2.48. The monoisotopic (exact) mass is 256 g/mol. The van der Waals surface area contributed by atoms with Crippen LogP contribution in [0.3, 0.4) is 0 Å². The van der Waals surface area contributed by atoms with Gasteiger partial charge < -0.3 is 9.88 Å². The summed E-state index contributed by atoms with van der Waals surface area (Å²) >= 11 is 0. The van der Waals surface area contributed by atoms with Crippen molar-refractivity contribution in [3.63, 3.8) is 0 Å². The van der Waals surface area contributed by atoms with Gasteiger partial charge in [-0.15, -0.1) is 10.2 Å². The van der Waals surface area contributed by atoms with E-state index in [4.69, 9.17) is 0 Å². The Balaban J connectivity index is 1.88. The predicted octanol–water partition coefficient (Wildman–Crippen LogP) is 3.08. The third-order valence-electron chi connectivity index (χ3n) is 3.93. The molecule has 0 aliphatic heterocycles. The molecule has 4 heteroatoms. The predicted molar refractivity (Wildman–Crippen MR) is 76.9 cm³/mol. The zero-order valence-electron chi connectivity index (χ0n) is 11.5. The molecule has 1 aliphatic carbocycles. The number of nitrogens with one attached hydrogen (secondary N) is 1. The minimum atomic E-state index is 0.587. The Morgan fingerprint density at radius 2 is 2.11 bits per heavy atom. The van der Waals surface area contributed by atoms with Crippen molar-refractivity contribution >= 4 is 5.69 Å². The first kappa shape index (κ1) is 12.2. The van der Waals surface area contributed by atoms with Crippen LogP contribution in [0.5, 0.6) is 0 Å². The molecule has 1 saturated carbocycles. The summed E-state index contributed by atoms with van der Waals surface area (Å²) in [4.78, 5) is 0. The lowest BCUT2D eigenvalue weighted by Crippen LogP contribution is -2.16. The number of hydrogen-bond acceptors (Lipinski definition) is 3. The Hall–Kier alpha value is -1.84. The second-order valence-electron chi connectivity index (χ2n) is 5.57. The molecule has 19 heavy (non-hydrogen) atoms. The number of hydrogen-bond donors (Lipinski definition) is 1. The quantitative estimate of drug-likeness (QED) is 0.917. The summed E-state index contributed by atoms with van der Waals surface area (Å²) in [5, 5.41) is 11.9. The molecule has 0 spiro atoms. The maximum atomic E-state index is 4.21. The van der Waals surface area contributed by atoms with Gasteiger partial charge in [-0.1, -0.05) is 19.1 Å². The van der Waals surface area contributed by atoms with Gasteiger partial charge in [0, 0.05) is 24.3 Å². The van der Waals surface area contributed by atoms with Crippen LogP contribution >= 0.6 is 0 Å². The fraction of sp³-hybridized carbons (Fsp3) is 0.467. The Morgan fingerprint density at radius 1 is 1.26 bits per heavy atom. The average Bonchev–Trinajstić information content (AvgIpc) is 2.99. The van der Waals surface area contributed by atoms with Crippen molar-refractivity contribution in [1.82, 2.24) is 14.8 Å². The SMILES string of the molecule is CC1CCC(Nc2ccccc2-c2nncn2C)C1. The van der Waals surface area contributed by atoms with Crippen LogP contribution in [0.25, 0.3) is 11.4 Å².